The molecule has 0 saturated heterocycles. The van der Waals surface area contributed by atoms with Gasteiger partial charge in [0.15, 0.2) is 5.75 Å². The number of carbonyl (C=O) groups excluding carboxylic acids is 1. The van der Waals surface area contributed by atoms with E-state index in [9.17, 15) is 4.79 Å². The standard InChI is InChI=1S/C12H9BrN2O2/c13-9-3-1-2-4-11(9)17-12-5-6-14-7-10(12)15-8-16/h1-8H,(H,15,16). The molecule has 0 aliphatic carbocycles. The number of hydrogen-bond donors (Lipinski definition) is 1. The summed E-state index contributed by atoms with van der Waals surface area (Å²) in [4.78, 5) is 14.4. The summed E-state index contributed by atoms with van der Waals surface area (Å²) in [5.74, 6) is 1.21. The van der Waals surface area contributed by atoms with Gasteiger partial charge in [-0.3, -0.25) is 9.78 Å². The monoisotopic (exact) mass is 292 g/mol. The average Bonchev–Trinajstić information content (AvgIpc) is 2.35. The van der Waals surface area contributed by atoms with Gasteiger partial charge in [0.2, 0.25) is 6.41 Å². The van der Waals surface area contributed by atoms with E-state index in [1.807, 2.05) is 24.3 Å². The molecule has 0 aliphatic heterocycles. The number of amides is 1. The Morgan fingerprint density at radius 2 is 2.06 bits per heavy atom. The number of pyridine rings is 1. The van der Waals surface area contributed by atoms with E-state index in [0.717, 1.165) is 4.47 Å². The van der Waals surface area contributed by atoms with Gasteiger partial charge in [0.05, 0.1) is 10.7 Å². The maximum absolute atomic E-state index is 10.4. The van der Waals surface area contributed by atoms with Crippen LogP contribution in [0, 0.1) is 0 Å². The highest BCUT2D eigenvalue weighted by Crippen LogP contribution is 2.32. The van der Waals surface area contributed by atoms with Crippen molar-refractivity contribution in [3.8, 4) is 11.5 Å². The van der Waals surface area contributed by atoms with Crippen LogP contribution in [-0.4, -0.2) is 11.4 Å². The number of carbonyl (C=O) groups is 1. The Bertz CT molecular complexity index is 531. The Hall–Kier alpha value is -1.88. The van der Waals surface area contributed by atoms with Crippen molar-refractivity contribution in [1.29, 1.82) is 0 Å². The number of hydrogen-bond acceptors (Lipinski definition) is 3. The molecule has 0 atom stereocenters. The number of ether oxygens (including phenoxy) is 1. The predicted octanol–water partition coefficient (Wildman–Crippen LogP) is 3.20. The molecule has 17 heavy (non-hydrogen) atoms. The van der Waals surface area contributed by atoms with Gasteiger partial charge in [0, 0.05) is 12.3 Å². The lowest BCUT2D eigenvalue weighted by Crippen LogP contribution is -1.97. The number of benzene rings is 1. The van der Waals surface area contributed by atoms with Crippen LogP contribution in [0.15, 0.2) is 47.2 Å². The lowest BCUT2D eigenvalue weighted by atomic mass is 10.3. The number of nitrogens with one attached hydrogen (secondary N) is 1. The Morgan fingerprint density at radius 1 is 1.24 bits per heavy atom. The Balaban J connectivity index is 2.30. The van der Waals surface area contributed by atoms with Crippen molar-refractivity contribution in [3.63, 3.8) is 0 Å². The van der Waals surface area contributed by atoms with Gasteiger partial charge in [-0.15, -0.1) is 0 Å². The van der Waals surface area contributed by atoms with Crippen LogP contribution in [0.5, 0.6) is 11.5 Å². The normalized spacial score (nSPS) is 9.71. The quantitative estimate of drug-likeness (QED) is 0.881. The minimum atomic E-state index is 0.526. The summed E-state index contributed by atoms with van der Waals surface area (Å²) in [5, 5.41) is 2.53. The largest absolute Gasteiger partial charge is 0.454 e. The van der Waals surface area contributed by atoms with Gasteiger partial charge in [-0.1, -0.05) is 12.1 Å². The van der Waals surface area contributed by atoms with Gasteiger partial charge in [0.25, 0.3) is 0 Å². The Morgan fingerprint density at radius 3 is 2.82 bits per heavy atom. The molecule has 4 nitrogen and oxygen atoms in total. The number of aromatic nitrogens is 1. The first-order chi connectivity index (χ1) is 8.31. The van der Waals surface area contributed by atoms with E-state index in [4.69, 9.17) is 4.74 Å². The molecule has 0 saturated carbocycles. The Kier molecular flexibility index (Phi) is 3.72. The third-order valence-corrected chi connectivity index (χ3v) is 2.71. The van der Waals surface area contributed by atoms with E-state index in [1.54, 1.807) is 12.3 Å². The van der Waals surface area contributed by atoms with Crippen molar-refractivity contribution in [2.45, 2.75) is 0 Å². The minimum absolute atomic E-state index is 0.526. The molecule has 0 fully saturated rings. The smallest absolute Gasteiger partial charge is 0.211 e. The lowest BCUT2D eigenvalue weighted by molar-refractivity contribution is -0.105. The summed E-state index contributed by atoms with van der Waals surface area (Å²) in [5.41, 5.74) is 0.526. The third kappa shape index (κ3) is 2.82. The van der Waals surface area contributed by atoms with Crippen LogP contribution < -0.4 is 10.1 Å². The molecule has 1 heterocycles. The molecule has 2 rings (SSSR count). The fourth-order valence-corrected chi connectivity index (χ4v) is 1.65. The van der Waals surface area contributed by atoms with Crippen LogP contribution in [0.2, 0.25) is 0 Å². The molecule has 0 radical (unpaired) electrons. The maximum Gasteiger partial charge on any atom is 0.211 e. The van der Waals surface area contributed by atoms with E-state index >= 15 is 0 Å². The summed E-state index contributed by atoms with van der Waals surface area (Å²) in [6, 6.07) is 9.16. The van der Waals surface area contributed by atoms with Crippen LogP contribution in [0.25, 0.3) is 0 Å². The van der Waals surface area contributed by atoms with Gasteiger partial charge in [-0.2, -0.15) is 0 Å². The van der Waals surface area contributed by atoms with Gasteiger partial charge in [0.1, 0.15) is 11.4 Å². The molecule has 5 heteroatoms. The zero-order valence-corrected chi connectivity index (χ0v) is 10.3. The van der Waals surface area contributed by atoms with Crippen molar-refractivity contribution in [2.24, 2.45) is 0 Å². The molecule has 1 aromatic heterocycles. The van der Waals surface area contributed by atoms with Gasteiger partial charge in [-0.05, 0) is 28.1 Å². The molecule has 2 aromatic rings. The van der Waals surface area contributed by atoms with Crippen molar-refractivity contribution < 1.29 is 9.53 Å². The fraction of sp³-hybridized carbons (Fsp3) is 0. The third-order valence-electron chi connectivity index (χ3n) is 2.05. The summed E-state index contributed by atoms with van der Waals surface area (Å²) in [6.45, 7) is 0. The second-order valence-electron chi connectivity index (χ2n) is 3.17. The molecular formula is C12H9BrN2O2. The molecule has 86 valence electrons. The highest BCUT2D eigenvalue weighted by molar-refractivity contribution is 9.10. The predicted molar refractivity (Wildman–Crippen MR) is 68.1 cm³/mol. The first kappa shape index (κ1) is 11.6. The highest BCUT2D eigenvalue weighted by atomic mass is 79.9. The van der Waals surface area contributed by atoms with Crippen molar-refractivity contribution in [2.75, 3.05) is 5.32 Å². The number of halogens is 1. The topological polar surface area (TPSA) is 51.2 Å². The second kappa shape index (κ2) is 5.45. The van der Waals surface area contributed by atoms with Crippen LogP contribution in [0.1, 0.15) is 0 Å². The molecule has 1 amide bonds. The summed E-state index contributed by atoms with van der Waals surface area (Å²) in [7, 11) is 0. The van der Waals surface area contributed by atoms with E-state index in [0.29, 0.717) is 23.6 Å². The SMILES string of the molecule is O=CNc1cnccc1Oc1ccccc1Br. The van der Waals surface area contributed by atoms with Crippen LogP contribution in [-0.2, 0) is 4.79 Å². The number of nitrogens with zero attached hydrogens (tertiary/aromatic N) is 1. The number of para-hydroxylation sites is 1. The molecule has 1 aromatic carbocycles. The summed E-state index contributed by atoms with van der Waals surface area (Å²) < 4.78 is 6.53. The zero-order chi connectivity index (χ0) is 12.1. The Labute approximate surface area is 107 Å². The van der Waals surface area contributed by atoms with E-state index in [2.05, 4.69) is 26.2 Å². The fourth-order valence-electron chi connectivity index (χ4n) is 1.29. The van der Waals surface area contributed by atoms with E-state index in [1.165, 1.54) is 6.20 Å². The lowest BCUT2D eigenvalue weighted by Gasteiger charge is -2.10. The molecule has 0 unspecified atom stereocenters. The maximum atomic E-state index is 10.4. The van der Waals surface area contributed by atoms with Crippen LogP contribution >= 0.6 is 15.9 Å². The summed E-state index contributed by atoms with van der Waals surface area (Å²) in [6.07, 6.45) is 3.71. The zero-order valence-electron chi connectivity index (χ0n) is 8.76. The van der Waals surface area contributed by atoms with Crippen molar-refractivity contribution in [3.05, 3.63) is 47.2 Å². The van der Waals surface area contributed by atoms with Crippen molar-refractivity contribution in [1.82, 2.24) is 4.98 Å². The average molecular weight is 293 g/mol. The van der Waals surface area contributed by atoms with Gasteiger partial charge >= 0.3 is 0 Å². The number of rotatable bonds is 4. The molecule has 0 spiro atoms. The van der Waals surface area contributed by atoms with Gasteiger partial charge < -0.3 is 10.1 Å². The molecular weight excluding hydrogens is 284 g/mol. The summed E-state index contributed by atoms with van der Waals surface area (Å²) >= 11 is 3.39. The second-order valence-corrected chi connectivity index (χ2v) is 4.02. The van der Waals surface area contributed by atoms with Gasteiger partial charge in [-0.25, -0.2) is 0 Å². The van der Waals surface area contributed by atoms with Crippen molar-refractivity contribution >= 4 is 28.0 Å². The number of anilines is 1. The van der Waals surface area contributed by atoms with E-state index in [-0.39, 0.29) is 0 Å². The first-order valence-electron chi connectivity index (χ1n) is 4.88. The first-order valence-corrected chi connectivity index (χ1v) is 5.67. The molecule has 0 aliphatic rings. The van der Waals surface area contributed by atoms with Crippen LogP contribution in [0.4, 0.5) is 5.69 Å². The molecule has 0 bridgehead atoms. The van der Waals surface area contributed by atoms with Crippen LogP contribution in [0.3, 0.4) is 0 Å². The molecule has 1 N–H and O–H groups in total. The minimum Gasteiger partial charge on any atom is -0.454 e. The highest BCUT2D eigenvalue weighted by Gasteiger charge is 2.06. The van der Waals surface area contributed by atoms with E-state index < -0.39 is 0 Å².